The summed E-state index contributed by atoms with van der Waals surface area (Å²) in [7, 11) is 0. The van der Waals surface area contributed by atoms with Gasteiger partial charge in [-0.2, -0.15) is 0 Å². The van der Waals surface area contributed by atoms with Gasteiger partial charge >= 0.3 is 0 Å². The van der Waals surface area contributed by atoms with Crippen molar-refractivity contribution in [3.8, 4) is 0 Å². The van der Waals surface area contributed by atoms with E-state index in [4.69, 9.17) is 0 Å². The zero-order valence-electron chi connectivity index (χ0n) is 12.8. The molecule has 0 atom stereocenters. The summed E-state index contributed by atoms with van der Waals surface area (Å²) in [4.78, 5) is 8.18. The van der Waals surface area contributed by atoms with Crippen molar-refractivity contribution in [2.45, 2.75) is 26.9 Å². The Balaban J connectivity index is 0.00000121. The minimum Gasteiger partial charge on any atom is -0.412 e. The summed E-state index contributed by atoms with van der Waals surface area (Å²) in [5, 5.41) is 0. The largest absolute Gasteiger partial charge is 0.412 e. The maximum atomic E-state index is 4.09. The number of hydrogen-bond acceptors (Lipinski definition) is 2. The molecule has 22 heavy (non-hydrogen) atoms. The molecule has 1 aromatic carbocycles. The maximum absolute atomic E-state index is 4.09. The van der Waals surface area contributed by atoms with Crippen LogP contribution in [-0.2, 0) is 13.1 Å². The second-order valence-corrected chi connectivity index (χ2v) is 5.18. The SMILES string of the molecule is Cc1cc(Cn2ccnc2)c(C)cc1Cn1ccnc1.O.O. The van der Waals surface area contributed by atoms with Gasteiger partial charge in [0.2, 0.25) is 0 Å². The highest BCUT2D eigenvalue weighted by atomic mass is 16.0. The van der Waals surface area contributed by atoms with Crippen molar-refractivity contribution in [1.82, 2.24) is 19.1 Å². The van der Waals surface area contributed by atoms with Crippen molar-refractivity contribution in [3.05, 3.63) is 71.8 Å². The van der Waals surface area contributed by atoms with E-state index in [2.05, 4.69) is 45.1 Å². The van der Waals surface area contributed by atoms with Gasteiger partial charge in [-0.25, -0.2) is 9.97 Å². The summed E-state index contributed by atoms with van der Waals surface area (Å²) in [5.74, 6) is 0. The monoisotopic (exact) mass is 302 g/mol. The highest BCUT2D eigenvalue weighted by Gasteiger charge is 2.06. The molecule has 2 heterocycles. The molecule has 6 nitrogen and oxygen atoms in total. The van der Waals surface area contributed by atoms with Gasteiger partial charge in [-0.3, -0.25) is 0 Å². The van der Waals surface area contributed by atoms with Gasteiger partial charge in [0.05, 0.1) is 12.7 Å². The lowest BCUT2D eigenvalue weighted by molar-refractivity contribution is 0.775. The summed E-state index contributed by atoms with van der Waals surface area (Å²) in [6.45, 7) is 6.09. The minimum atomic E-state index is 0. The van der Waals surface area contributed by atoms with E-state index in [-0.39, 0.29) is 11.0 Å². The summed E-state index contributed by atoms with van der Waals surface area (Å²) < 4.78 is 4.19. The molecule has 0 fully saturated rings. The first-order chi connectivity index (χ1) is 9.72. The first-order valence-electron chi connectivity index (χ1n) is 6.73. The fourth-order valence-electron chi connectivity index (χ4n) is 2.43. The normalized spacial score (nSPS) is 9.91. The number of benzene rings is 1. The van der Waals surface area contributed by atoms with Gasteiger partial charge < -0.3 is 20.1 Å². The third kappa shape index (κ3) is 3.81. The zero-order chi connectivity index (χ0) is 13.9. The van der Waals surface area contributed by atoms with E-state index in [0.29, 0.717) is 0 Å². The van der Waals surface area contributed by atoms with E-state index in [0.717, 1.165) is 13.1 Å². The third-order valence-corrected chi connectivity index (χ3v) is 3.62. The molecular formula is C16H22N4O2. The molecule has 0 bridgehead atoms. The molecule has 0 saturated heterocycles. The van der Waals surface area contributed by atoms with Crippen LogP contribution in [0.15, 0.2) is 49.6 Å². The van der Waals surface area contributed by atoms with Crippen LogP contribution >= 0.6 is 0 Å². The molecule has 0 spiro atoms. The van der Waals surface area contributed by atoms with Gasteiger partial charge in [-0.1, -0.05) is 12.1 Å². The molecule has 4 N–H and O–H groups in total. The minimum absolute atomic E-state index is 0. The number of hydrogen-bond donors (Lipinski definition) is 0. The van der Waals surface area contributed by atoms with Crippen LogP contribution in [0.25, 0.3) is 0 Å². The molecular weight excluding hydrogens is 280 g/mol. The number of imidazole rings is 2. The predicted molar refractivity (Wildman–Crippen MR) is 85.8 cm³/mol. The second-order valence-electron chi connectivity index (χ2n) is 5.18. The number of aromatic nitrogens is 4. The van der Waals surface area contributed by atoms with Crippen LogP contribution in [0.4, 0.5) is 0 Å². The Morgan fingerprint density at radius 3 is 1.50 bits per heavy atom. The Kier molecular flexibility index (Phi) is 6.03. The molecule has 3 aromatic rings. The molecule has 0 aliphatic rings. The van der Waals surface area contributed by atoms with Crippen LogP contribution in [0.5, 0.6) is 0 Å². The van der Waals surface area contributed by atoms with Gasteiger partial charge in [-0.05, 0) is 36.1 Å². The summed E-state index contributed by atoms with van der Waals surface area (Å²) in [6.07, 6.45) is 11.3. The number of rotatable bonds is 4. The highest BCUT2D eigenvalue weighted by molar-refractivity contribution is 5.37. The molecule has 6 heteroatoms. The second kappa shape index (κ2) is 7.53. The molecule has 0 aliphatic heterocycles. The van der Waals surface area contributed by atoms with Crippen molar-refractivity contribution in [3.63, 3.8) is 0 Å². The molecule has 0 saturated carbocycles. The molecule has 0 unspecified atom stereocenters. The standard InChI is InChI=1S/C16H18N4.2H2O/c1-13-7-16(10-20-6-4-18-12-20)14(2)8-15(13)9-19-5-3-17-11-19;;/h3-8,11-12H,9-10H2,1-2H3;2*1H2. The van der Waals surface area contributed by atoms with Gasteiger partial charge in [0.15, 0.2) is 0 Å². The first kappa shape index (κ1) is 17.6. The Labute approximate surface area is 129 Å². The quantitative estimate of drug-likeness (QED) is 0.722. The van der Waals surface area contributed by atoms with Crippen LogP contribution in [0, 0.1) is 13.8 Å². The van der Waals surface area contributed by atoms with E-state index in [9.17, 15) is 0 Å². The van der Waals surface area contributed by atoms with Crippen LogP contribution < -0.4 is 0 Å². The Bertz CT molecular complexity index is 629. The molecule has 0 amide bonds. The van der Waals surface area contributed by atoms with E-state index in [1.807, 2.05) is 37.4 Å². The lowest BCUT2D eigenvalue weighted by Gasteiger charge is -2.13. The zero-order valence-corrected chi connectivity index (χ0v) is 12.8. The lowest BCUT2D eigenvalue weighted by atomic mass is 9.99. The van der Waals surface area contributed by atoms with Gasteiger partial charge in [-0.15, -0.1) is 0 Å². The predicted octanol–water partition coefficient (Wildman–Crippen LogP) is 1.14. The highest BCUT2D eigenvalue weighted by Crippen LogP contribution is 2.18. The van der Waals surface area contributed by atoms with Crippen molar-refractivity contribution >= 4 is 0 Å². The van der Waals surface area contributed by atoms with Crippen LogP contribution in [0.3, 0.4) is 0 Å². The van der Waals surface area contributed by atoms with E-state index in [1.54, 1.807) is 0 Å². The molecule has 0 aliphatic carbocycles. The Morgan fingerprint density at radius 1 is 0.773 bits per heavy atom. The van der Waals surface area contributed by atoms with Crippen LogP contribution in [0.2, 0.25) is 0 Å². The van der Waals surface area contributed by atoms with Gasteiger partial charge in [0, 0.05) is 37.9 Å². The average Bonchev–Trinajstić information content (AvgIpc) is 3.08. The van der Waals surface area contributed by atoms with Crippen LogP contribution in [-0.4, -0.2) is 30.1 Å². The number of nitrogens with zero attached hydrogens (tertiary/aromatic N) is 4. The van der Waals surface area contributed by atoms with Crippen LogP contribution in [0.1, 0.15) is 22.3 Å². The Hall–Kier alpha value is -2.44. The fourth-order valence-corrected chi connectivity index (χ4v) is 2.43. The van der Waals surface area contributed by atoms with Crippen molar-refractivity contribution in [1.29, 1.82) is 0 Å². The maximum Gasteiger partial charge on any atom is 0.0949 e. The van der Waals surface area contributed by atoms with Crippen molar-refractivity contribution in [2.24, 2.45) is 0 Å². The van der Waals surface area contributed by atoms with E-state index < -0.39 is 0 Å². The third-order valence-electron chi connectivity index (χ3n) is 3.62. The van der Waals surface area contributed by atoms with Crippen molar-refractivity contribution in [2.75, 3.05) is 0 Å². The summed E-state index contributed by atoms with van der Waals surface area (Å²) in [6, 6.07) is 4.56. The molecule has 3 rings (SSSR count). The molecule has 118 valence electrons. The van der Waals surface area contributed by atoms with Gasteiger partial charge in [0.1, 0.15) is 0 Å². The molecule has 0 radical (unpaired) electrons. The number of aryl methyl sites for hydroxylation is 2. The topological polar surface area (TPSA) is 98.6 Å². The lowest BCUT2D eigenvalue weighted by Crippen LogP contribution is -2.04. The van der Waals surface area contributed by atoms with Gasteiger partial charge in [0.25, 0.3) is 0 Å². The first-order valence-corrected chi connectivity index (χ1v) is 6.73. The fraction of sp³-hybridized carbons (Fsp3) is 0.250. The summed E-state index contributed by atoms with van der Waals surface area (Å²) >= 11 is 0. The van der Waals surface area contributed by atoms with E-state index in [1.165, 1.54) is 22.3 Å². The Morgan fingerprint density at radius 2 is 1.18 bits per heavy atom. The van der Waals surface area contributed by atoms with Crippen molar-refractivity contribution < 1.29 is 11.0 Å². The van der Waals surface area contributed by atoms with E-state index >= 15 is 0 Å². The summed E-state index contributed by atoms with van der Waals surface area (Å²) in [5.41, 5.74) is 5.32. The average molecular weight is 302 g/mol. The molecule has 2 aromatic heterocycles. The smallest absolute Gasteiger partial charge is 0.0949 e.